The van der Waals surface area contributed by atoms with Crippen LogP contribution in [0.5, 0.6) is 0 Å². The monoisotopic (exact) mass is 387 g/mol. The third kappa shape index (κ3) is 2.62. The van der Waals surface area contributed by atoms with Crippen LogP contribution in [0.2, 0.25) is 0 Å². The number of rotatable bonds is 3. The van der Waals surface area contributed by atoms with Gasteiger partial charge in [-0.3, -0.25) is 15.0 Å². The van der Waals surface area contributed by atoms with E-state index in [2.05, 4.69) is 25.8 Å². The van der Waals surface area contributed by atoms with E-state index in [0.717, 1.165) is 18.7 Å². The van der Waals surface area contributed by atoms with E-state index in [1.54, 1.807) is 18.2 Å². The number of carbonyl (C=O) groups is 2. The molecule has 1 unspecified atom stereocenters. The summed E-state index contributed by atoms with van der Waals surface area (Å²) in [5.74, 6) is -2.94. The molecule has 2 aromatic rings. The van der Waals surface area contributed by atoms with Crippen molar-refractivity contribution >= 4 is 29.3 Å². The standard InChI is InChI=1S/C17H15F2N7O2/c18-17(19)8-11(17)22-15(27)9-3-4-10-14(21-9)26(13-5-7-25(10)13)16(28)23-12-2-1-6-20-24-12/h1-4,6,11,13H,5,7-8H2,(H,22,27)(H,23,24,28)/t11?,13-/m0/s1. The van der Waals surface area contributed by atoms with Crippen LogP contribution in [0, 0.1) is 0 Å². The van der Waals surface area contributed by atoms with Crippen molar-refractivity contribution in [3.8, 4) is 0 Å². The van der Waals surface area contributed by atoms with Crippen molar-refractivity contribution in [2.24, 2.45) is 0 Å². The molecular formula is C17H15F2N7O2. The minimum Gasteiger partial charge on any atom is -0.347 e. The minimum absolute atomic E-state index is 0.0127. The molecule has 0 spiro atoms. The molecule has 11 heteroatoms. The van der Waals surface area contributed by atoms with Crippen LogP contribution in [0.15, 0.2) is 30.5 Å². The number of carbonyl (C=O) groups excluding carboxylic acids is 2. The summed E-state index contributed by atoms with van der Waals surface area (Å²) >= 11 is 0. The van der Waals surface area contributed by atoms with Gasteiger partial charge >= 0.3 is 6.03 Å². The third-order valence-electron chi connectivity index (χ3n) is 5.07. The Bertz CT molecular complexity index is 971. The lowest BCUT2D eigenvalue weighted by Gasteiger charge is -2.39. The first-order chi connectivity index (χ1) is 13.4. The first kappa shape index (κ1) is 16.8. The summed E-state index contributed by atoms with van der Waals surface area (Å²) in [5.41, 5.74) is 0.708. The summed E-state index contributed by atoms with van der Waals surface area (Å²) in [6, 6.07) is 4.80. The molecule has 3 aliphatic rings. The predicted octanol–water partition coefficient (Wildman–Crippen LogP) is 1.60. The van der Waals surface area contributed by atoms with Gasteiger partial charge in [0.25, 0.3) is 11.8 Å². The topological polar surface area (TPSA) is 103 Å². The second-order valence-corrected chi connectivity index (χ2v) is 6.90. The molecule has 5 rings (SSSR count). The molecule has 144 valence electrons. The fourth-order valence-corrected chi connectivity index (χ4v) is 3.40. The highest BCUT2D eigenvalue weighted by Crippen LogP contribution is 2.44. The van der Waals surface area contributed by atoms with Crippen molar-refractivity contribution in [1.29, 1.82) is 0 Å². The van der Waals surface area contributed by atoms with E-state index in [1.807, 2.05) is 4.90 Å². The smallest absolute Gasteiger partial charge is 0.330 e. The van der Waals surface area contributed by atoms with Crippen LogP contribution in [0.4, 0.5) is 30.9 Å². The van der Waals surface area contributed by atoms with Crippen molar-refractivity contribution in [2.75, 3.05) is 21.7 Å². The molecule has 2 atom stereocenters. The van der Waals surface area contributed by atoms with E-state index in [0.29, 0.717) is 5.82 Å². The van der Waals surface area contributed by atoms with Gasteiger partial charge in [0.05, 0.1) is 11.7 Å². The first-order valence-electron chi connectivity index (χ1n) is 8.78. The molecule has 1 saturated carbocycles. The number of nitrogens with one attached hydrogen (secondary N) is 2. The zero-order valence-electron chi connectivity index (χ0n) is 14.5. The Morgan fingerprint density at radius 1 is 1.25 bits per heavy atom. The minimum atomic E-state index is -2.86. The normalized spacial score (nSPS) is 23.4. The average Bonchev–Trinajstić information content (AvgIpc) is 3.17. The number of urea groups is 1. The molecule has 2 N–H and O–H groups in total. The Balaban J connectivity index is 1.40. The maximum absolute atomic E-state index is 13.1. The van der Waals surface area contributed by atoms with Crippen molar-refractivity contribution in [3.05, 3.63) is 36.2 Å². The molecular weight excluding hydrogens is 372 g/mol. The number of aromatic nitrogens is 3. The molecule has 9 nitrogen and oxygen atoms in total. The summed E-state index contributed by atoms with van der Waals surface area (Å²) < 4.78 is 26.1. The van der Waals surface area contributed by atoms with Gasteiger partial charge in [0.2, 0.25) is 0 Å². The lowest BCUT2D eigenvalue weighted by atomic mass is 10.1. The average molecular weight is 387 g/mol. The van der Waals surface area contributed by atoms with Crippen LogP contribution in [-0.4, -0.2) is 51.8 Å². The van der Waals surface area contributed by atoms with E-state index in [9.17, 15) is 18.4 Å². The van der Waals surface area contributed by atoms with Gasteiger partial charge < -0.3 is 10.2 Å². The summed E-state index contributed by atoms with van der Waals surface area (Å²) in [6.45, 7) is 0.758. The zero-order valence-corrected chi connectivity index (χ0v) is 14.5. The van der Waals surface area contributed by atoms with Crippen molar-refractivity contribution in [1.82, 2.24) is 20.5 Å². The zero-order chi connectivity index (χ0) is 19.5. The van der Waals surface area contributed by atoms with Crippen LogP contribution in [0.3, 0.4) is 0 Å². The summed E-state index contributed by atoms with van der Waals surface area (Å²) in [4.78, 5) is 32.8. The summed E-state index contributed by atoms with van der Waals surface area (Å²) in [6.07, 6.45) is 1.67. The molecule has 3 amide bonds. The number of alkyl halides is 2. The van der Waals surface area contributed by atoms with Crippen LogP contribution in [-0.2, 0) is 0 Å². The van der Waals surface area contributed by atoms with Crippen molar-refractivity contribution in [2.45, 2.75) is 31.0 Å². The van der Waals surface area contributed by atoms with E-state index < -0.39 is 23.9 Å². The number of nitrogens with zero attached hydrogens (tertiary/aromatic N) is 5. The van der Waals surface area contributed by atoms with Crippen molar-refractivity contribution < 1.29 is 18.4 Å². The molecule has 1 aliphatic carbocycles. The molecule has 0 bridgehead atoms. The van der Waals surface area contributed by atoms with Crippen molar-refractivity contribution in [3.63, 3.8) is 0 Å². The van der Waals surface area contributed by atoms with Crippen LogP contribution >= 0.6 is 0 Å². The molecule has 4 heterocycles. The molecule has 0 aromatic carbocycles. The Morgan fingerprint density at radius 3 is 2.71 bits per heavy atom. The molecule has 0 radical (unpaired) electrons. The maximum Gasteiger partial charge on any atom is 0.330 e. The van der Waals surface area contributed by atoms with Gasteiger partial charge in [0.1, 0.15) is 11.9 Å². The van der Waals surface area contributed by atoms with Gasteiger partial charge in [-0.1, -0.05) is 0 Å². The van der Waals surface area contributed by atoms with Gasteiger partial charge in [-0.15, -0.1) is 5.10 Å². The molecule has 1 saturated heterocycles. The lowest BCUT2D eigenvalue weighted by molar-refractivity contribution is 0.0845. The molecule has 2 fully saturated rings. The Hall–Kier alpha value is -3.37. The number of amides is 3. The number of hydrogen-bond acceptors (Lipinski definition) is 6. The number of fused-ring (bicyclic) bond motifs is 3. The fraction of sp³-hybridized carbons (Fsp3) is 0.353. The molecule has 2 aromatic heterocycles. The third-order valence-corrected chi connectivity index (χ3v) is 5.07. The Kier molecular flexibility index (Phi) is 3.48. The van der Waals surface area contributed by atoms with Crippen LogP contribution in [0.25, 0.3) is 0 Å². The van der Waals surface area contributed by atoms with Gasteiger partial charge in [0, 0.05) is 25.6 Å². The van der Waals surface area contributed by atoms with E-state index in [4.69, 9.17) is 0 Å². The van der Waals surface area contributed by atoms with Gasteiger partial charge in [-0.2, -0.15) is 5.10 Å². The Labute approximate surface area is 157 Å². The van der Waals surface area contributed by atoms with E-state index in [1.165, 1.54) is 17.2 Å². The number of hydrogen-bond donors (Lipinski definition) is 2. The summed E-state index contributed by atoms with van der Waals surface area (Å²) in [7, 11) is 0. The summed E-state index contributed by atoms with van der Waals surface area (Å²) in [5, 5.41) is 12.5. The molecule has 28 heavy (non-hydrogen) atoms. The van der Waals surface area contributed by atoms with Gasteiger partial charge in [-0.05, 0) is 24.3 Å². The van der Waals surface area contributed by atoms with Gasteiger partial charge in [0.15, 0.2) is 11.6 Å². The molecule has 2 aliphatic heterocycles. The highest BCUT2D eigenvalue weighted by Gasteiger charge is 2.58. The van der Waals surface area contributed by atoms with Crippen LogP contribution in [0.1, 0.15) is 23.3 Å². The number of anilines is 3. The predicted molar refractivity (Wildman–Crippen MR) is 94.3 cm³/mol. The highest BCUT2D eigenvalue weighted by atomic mass is 19.3. The quantitative estimate of drug-likeness (QED) is 0.829. The maximum atomic E-state index is 13.1. The van der Waals surface area contributed by atoms with E-state index >= 15 is 0 Å². The SMILES string of the molecule is O=C(NC1CC1(F)F)c1ccc2c(n1)N(C(=O)Nc1cccnn1)[C@H]1CCN21. The second kappa shape index (κ2) is 5.81. The van der Waals surface area contributed by atoms with Gasteiger partial charge in [-0.25, -0.2) is 18.6 Å². The van der Waals surface area contributed by atoms with E-state index in [-0.39, 0.29) is 24.1 Å². The van der Waals surface area contributed by atoms with Crippen LogP contribution < -0.4 is 20.4 Å². The lowest BCUT2D eigenvalue weighted by Crippen LogP contribution is -2.56. The second-order valence-electron chi connectivity index (χ2n) is 6.90. The number of halogens is 2. The number of pyridine rings is 1. The Morgan fingerprint density at radius 2 is 2.07 bits per heavy atom. The first-order valence-corrected chi connectivity index (χ1v) is 8.78. The highest BCUT2D eigenvalue weighted by molar-refractivity contribution is 6.06. The fourth-order valence-electron chi connectivity index (χ4n) is 3.40. The largest absolute Gasteiger partial charge is 0.347 e.